The lowest BCUT2D eigenvalue weighted by atomic mass is 10.1. The highest BCUT2D eigenvalue weighted by Crippen LogP contribution is 2.17. The lowest BCUT2D eigenvalue weighted by molar-refractivity contribution is -0.139. The van der Waals surface area contributed by atoms with E-state index in [9.17, 15) is 9.59 Å². The number of aliphatic carboxylic acids is 1. The van der Waals surface area contributed by atoms with Crippen LogP contribution in [0.1, 0.15) is 29.3 Å². The summed E-state index contributed by atoms with van der Waals surface area (Å²) in [5, 5.41) is 11.3. The Morgan fingerprint density at radius 1 is 1.47 bits per heavy atom. The number of carboxylic acids is 1. The average molecular weight is 300 g/mol. The zero-order valence-corrected chi connectivity index (χ0v) is 11.2. The molecule has 1 atom stereocenters. The molecule has 0 saturated carbocycles. The molecule has 0 spiro atoms. The summed E-state index contributed by atoms with van der Waals surface area (Å²) in [4.78, 5) is 22.6. The molecule has 92 valence electrons. The fourth-order valence-corrected chi connectivity index (χ4v) is 1.69. The minimum atomic E-state index is -1.02. The molecule has 5 heteroatoms. The summed E-state index contributed by atoms with van der Waals surface area (Å²) in [6.45, 7) is 3.63. The van der Waals surface area contributed by atoms with Crippen molar-refractivity contribution >= 4 is 27.8 Å². The van der Waals surface area contributed by atoms with Crippen molar-refractivity contribution < 1.29 is 14.7 Å². The maximum Gasteiger partial charge on any atom is 0.326 e. The molecule has 0 aliphatic rings. The highest BCUT2D eigenvalue weighted by atomic mass is 79.9. The van der Waals surface area contributed by atoms with Crippen molar-refractivity contribution in [3.63, 3.8) is 0 Å². The van der Waals surface area contributed by atoms with E-state index < -0.39 is 12.0 Å². The molecular formula is C12H14BrNO3. The minimum absolute atomic E-state index is 0.355. The number of aryl methyl sites for hydroxylation is 1. The minimum Gasteiger partial charge on any atom is -0.480 e. The van der Waals surface area contributed by atoms with Gasteiger partial charge in [-0.2, -0.15) is 0 Å². The van der Waals surface area contributed by atoms with E-state index in [1.807, 2.05) is 6.92 Å². The first-order valence-corrected chi connectivity index (χ1v) is 6.04. The highest BCUT2D eigenvalue weighted by molar-refractivity contribution is 9.10. The predicted octanol–water partition coefficient (Wildman–Crippen LogP) is 2.35. The number of carbonyl (C=O) groups is 2. The second kappa shape index (κ2) is 5.82. The summed E-state index contributed by atoms with van der Waals surface area (Å²) >= 11 is 3.33. The van der Waals surface area contributed by atoms with Crippen LogP contribution in [0.2, 0.25) is 0 Å². The molecule has 0 radical (unpaired) electrons. The Labute approximate surface area is 108 Å². The molecule has 0 saturated heterocycles. The molecule has 1 aromatic rings. The van der Waals surface area contributed by atoms with E-state index in [0.717, 1.165) is 10.0 Å². The van der Waals surface area contributed by atoms with Gasteiger partial charge in [0.15, 0.2) is 0 Å². The highest BCUT2D eigenvalue weighted by Gasteiger charge is 2.18. The molecule has 1 rings (SSSR count). The van der Waals surface area contributed by atoms with Gasteiger partial charge in [-0.05, 0) is 31.0 Å². The molecule has 0 aliphatic carbocycles. The van der Waals surface area contributed by atoms with Crippen molar-refractivity contribution in [2.24, 2.45) is 0 Å². The Morgan fingerprint density at radius 2 is 2.12 bits per heavy atom. The molecule has 0 fully saturated rings. The van der Waals surface area contributed by atoms with Gasteiger partial charge in [0.2, 0.25) is 0 Å². The number of hydrogen-bond acceptors (Lipinski definition) is 2. The number of carboxylic acid groups (broad SMARTS) is 1. The Morgan fingerprint density at radius 3 is 2.59 bits per heavy atom. The van der Waals surface area contributed by atoms with Crippen molar-refractivity contribution in [2.45, 2.75) is 26.3 Å². The summed E-state index contributed by atoms with van der Waals surface area (Å²) < 4.78 is 0.827. The van der Waals surface area contributed by atoms with Crippen molar-refractivity contribution in [3.05, 3.63) is 33.8 Å². The Balaban J connectivity index is 2.82. The van der Waals surface area contributed by atoms with Gasteiger partial charge in [0.05, 0.1) is 0 Å². The zero-order valence-electron chi connectivity index (χ0n) is 9.66. The van der Waals surface area contributed by atoms with Gasteiger partial charge in [0.25, 0.3) is 5.91 Å². The van der Waals surface area contributed by atoms with Crippen LogP contribution >= 0.6 is 15.9 Å². The number of hydrogen-bond donors (Lipinski definition) is 2. The van der Waals surface area contributed by atoms with Crippen LogP contribution in [0.5, 0.6) is 0 Å². The molecular weight excluding hydrogens is 286 g/mol. The van der Waals surface area contributed by atoms with E-state index in [-0.39, 0.29) is 5.91 Å². The van der Waals surface area contributed by atoms with E-state index in [4.69, 9.17) is 5.11 Å². The van der Waals surface area contributed by atoms with E-state index >= 15 is 0 Å². The standard InChI is InChI=1S/C12H14BrNO3/c1-3-10(12(16)17)14-11(15)8-5-4-7(2)9(13)6-8/h4-6,10H,3H2,1-2H3,(H,14,15)(H,16,17)/t10-/m1/s1. The molecule has 0 bridgehead atoms. The average Bonchev–Trinajstić information content (AvgIpc) is 2.28. The van der Waals surface area contributed by atoms with Crippen LogP contribution in [0.4, 0.5) is 0 Å². The van der Waals surface area contributed by atoms with Gasteiger partial charge < -0.3 is 10.4 Å². The first kappa shape index (κ1) is 13.7. The SMILES string of the molecule is CC[C@@H](NC(=O)c1ccc(C)c(Br)c1)C(=O)O. The topological polar surface area (TPSA) is 66.4 Å². The number of benzene rings is 1. The third-order valence-electron chi connectivity index (χ3n) is 2.45. The van der Waals surface area contributed by atoms with E-state index in [2.05, 4.69) is 21.2 Å². The van der Waals surface area contributed by atoms with Crippen LogP contribution in [0.3, 0.4) is 0 Å². The molecule has 2 N–H and O–H groups in total. The summed E-state index contributed by atoms with van der Waals surface area (Å²) in [5.41, 5.74) is 1.47. The normalized spacial score (nSPS) is 11.9. The van der Waals surface area contributed by atoms with Crippen molar-refractivity contribution in [1.82, 2.24) is 5.32 Å². The maximum atomic E-state index is 11.8. The van der Waals surface area contributed by atoms with Gasteiger partial charge in [0.1, 0.15) is 6.04 Å². The summed E-state index contributed by atoms with van der Waals surface area (Å²) in [6, 6.07) is 4.31. The molecule has 0 unspecified atom stereocenters. The third kappa shape index (κ3) is 3.56. The quantitative estimate of drug-likeness (QED) is 0.897. The second-order valence-corrected chi connectivity index (χ2v) is 4.59. The fraction of sp³-hybridized carbons (Fsp3) is 0.333. The summed E-state index contributed by atoms with van der Waals surface area (Å²) in [6.07, 6.45) is 0.355. The van der Waals surface area contributed by atoms with E-state index in [1.165, 1.54) is 0 Å². The molecule has 1 amide bonds. The number of amides is 1. The van der Waals surface area contributed by atoms with Crippen molar-refractivity contribution in [2.75, 3.05) is 0 Å². The lowest BCUT2D eigenvalue weighted by Crippen LogP contribution is -2.40. The van der Waals surface area contributed by atoms with E-state index in [1.54, 1.807) is 25.1 Å². The van der Waals surface area contributed by atoms with Gasteiger partial charge in [-0.3, -0.25) is 4.79 Å². The van der Waals surface area contributed by atoms with Gasteiger partial charge in [-0.1, -0.05) is 28.9 Å². The molecule has 0 aliphatic heterocycles. The fourth-order valence-electron chi connectivity index (χ4n) is 1.31. The van der Waals surface area contributed by atoms with Gasteiger partial charge in [0, 0.05) is 10.0 Å². The zero-order chi connectivity index (χ0) is 13.0. The van der Waals surface area contributed by atoms with Crippen LogP contribution in [0.15, 0.2) is 22.7 Å². The Bertz CT molecular complexity index is 445. The molecule has 0 aromatic heterocycles. The van der Waals surface area contributed by atoms with Gasteiger partial charge >= 0.3 is 5.97 Å². The summed E-state index contributed by atoms with van der Waals surface area (Å²) in [7, 11) is 0. The molecule has 0 heterocycles. The Hall–Kier alpha value is -1.36. The van der Waals surface area contributed by atoms with Crippen LogP contribution in [-0.2, 0) is 4.79 Å². The third-order valence-corrected chi connectivity index (χ3v) is 3.30. The molecule has 1 aromatic carbocycles. The monoisotopic (exact) mass is 299 g/mol. The predicted molar refractivity (Wildman–Crippen MR) is 68.1 cm³/mol. The van der Waals surface area contributed by atoms with Crippen molar-refractivity contribution in [3.8, 4) is 0 Å². The number of nitrogens with one attached hydrogen (secondary N) is 1. The van der Waals surface area contributed by atoms with Crippen LogP contribution < -0.4 is 5.32 Å². The Kier molecular flexibility index (Phi) is 4.69. The largest absolute Gasteiger partial charge is 0.480 e. The maximum absolute atomic E-state index is 11.8. The first-order valence-electron chi connectivity index (χ1n) is 5.25. The van der Waals surface area contributed by atoms with Crippen LogP contribution in [-0.4, -0.2) is 23.0 Å². The second-order valence-electron chi connectivity index (χ2n) is 3.74. The molecule has 17 heavy (non-hydrogen) atoms. The van der Waals surface area contributed by atoms with Gasteiger partial charge in [-0.25, -0.2) is 4.79 Å². The van der Waals surface area contributed by atoms with E-state index in [0.29, 0.717) is 12.0 Å². The smallest absolute Gasteiger partial charge is 0.326 e. The van der Waals surface area contributed by atoms with Crippen molar-refractivity contribution in [1.29, 1.82) is 0 Å². The number of rotatable bonds is 4. The lowest BCUT2D eigenvalue weighted by Gasteiger charge is -2.12. The first-order chi connectivity index (χ1) is 7.95. The van der Waals surface area contributed by atoms with Crippen LogP contribution in [0.25, 0.3) is 0 Å². The number of carbonyl (C=O) groups excluding carboxylic acids is 1. The summed E-state index contributed by atoms with van der Waals surface area (Å²) in [5.74, 6) is -1.40. The van der Waals surface area contributed by atoms with Gasteiger partial charge in [-0.15, -0.1) is 0 Å². The number of halogens is 1. The molecule has 4 nitrogen and oxygen atoms in total. The van der Waals surface area contributed by atoms with Crippen LogP contribution in [0, 0.1) is 6.92 Å².